The van der Waals surface area contributed by atoms with Gasteiger partial charge >= 0.3 is 0 Å². The molecule has 0 radical (unpaired) electrons. The monoisotopic (exact) mass is 229 g/mol. The summed E-state index contributed by atoms with van der Waals surface area (Å²) in [5, 5.41) is 7.70. The van der Waals surface area contributed by atoms with Crippen molar-refractivity contribution in [2.75, 3.05) is 13.1 Å². The number of aromatic nitrogens is 2. The maximum Gasteiger partial charge on any atom is 0.0492 e. The van der Waals surface area contributed by atoms with Crippen molar-refractivity contribution in [2.45, 2.75) is 25.6 Å². The predicted octanol–water partition coefficient (Wildman–Crippen LogP) is 1.82. The summed E-state index contributed by atoms with van der Waals surface area (Å²) in [7, 11) is 1.97. The van der Waals surface area contributed by atoms with Gasteiger partial charge in [0.25, 0.3) is 0 Å². The zero-order chi connectivity index (χ0) is 11.3. The topological polar surface area (TPSA) is 29.9 Å². The second kappa shape index (κ2) is 6.13. The molecule has 4 heteroatoms. The number of aryl methyl sites for hydroxylation is 1. The van der Waals surface area contributed by atoms with E-state index in [0.29, 0.717) is 5.92 Å². The van der Waals surface area contributed by atoms with Gasteiger partial charge in [-0.05, 0) is 12.0 Å². The summed E-state index contributed by atoms with van der Waals surface area (Å²) in [4.78, 5) is 0. The maximum absolute atomic E-state index is 6.13. The molecule has 1 heterocycles. The summed E-state index contributed by atoms with van der Waals surface area (Å²) in [6.45, 7) is 6.10. The zero-order valence-electron chi connectivity index (χ0n) is 9.70. The lowest BCUT2D eigenvalue weighted by atomic mass is 10.1. The maximum atomic E-state index is 6.13. The minimum atomic E-state index is 0.219. The largest absolute Gasteiger partial charge is 0.315 e. The molecule has 1 N–H and O–H groups in total. The molecule has 3 nitrogen and oxygen atoms in total. The van der Waals surface area contributed by atoms with Crippen LogP contribution in [-0.2, 0) is 13.5 Å². The SMILES string of the molecule is CC(C)C(Cl)CNCCc1ccnn1C. The molecule has 0 saturated carbocycles. The Kier molecular flexibility index (Phi) is 5.12. The Hall–Kier alpha value is -0.540. The van der Waals surface area contributed by atoms with Crippen molar-refractivity contribution in [3.8, 4) is 0 Å². The van der Waals surface area contributed by atoms with E-state index in [1.165, 1.54) is 5.69 Å². The second-order valence-corrected chi connectivity index (χ2v) is 4.72. The third-order valence-corrected chi connectivity index (χ3v) is 3.20. The normalized spacial score (nSPS) is 13.4. The minimum Gasteiger partial charge on any atom is -0.315 e. The van der Waals surface area contributed by atoms with Gasteiger partial charge in [0.15, 0.2) is 0 Å². The summed E-state index contributed by atoms with van der Waals surface area (Å²) >= 11 is 6.13. The molecule has 0 spiro atoms. The number of rotatable bonds is 6. The average Bonchev–Trinajstić information content (AvgIpc) is 2.58. The van der Waals surface area contributed by atoms with Crippen LogP contribution in [0.25, 0.3) is 0 Å². The highest BCUT2D eigenvalue weighted by atomic mass is 35.5. The van der Waals surface area contributed by atoms with Gasteiger partial charge in [-0.3, -0.25) is 4.68 Å². The molecule has 0 aliphatic heterocycles. The molecule has 0 fully saturated rings. The van der Waals surface area contributed by atoms with Crippen LogP contribution in [0.3, 0.4) is 0 Å². The highest BCUT2D eigenvalue weighted by Crippen LogP contribution is 2.07. The summed E-state index contributed by atoms with van der Waals surface area (Å²) < 4.78 is 1.91. The number of nitrogens with zero attached hydrogens (tertiary/aromatic N) is 2. The molecule has 0 aliphatic rings. The Morgan fingerprint density at radius 2 is 2.27 bits per heavy atom. The molecule has 0 saturated heterocycles. The average molecular weight is 230 g/mol. The molecule has 0 aliphatic carbocycles. The van der Waals surface area contributed by atoms with E-state index in [4.69, 9.17) is 11.6 Å². The molecular weight excluding hydrogens is 210 g/mol. The van der Waals surface area contributed by atoms with Crippen LogP contribution in [-0.4, -0.2) is 28.2 Å². The Morgan fingerprint density at radius 3 is 2.80 bits per heavy atom. The summed E-state index contributed by atoms with van der Waals surface area (Å²) in [5.41, 5.74) is 1.25. The third-order valence-electron chi connectivity index (χ3n) is 2.54. The Balaban J connectivity index is 2.15. The van der Waals surface area contributed by atoms with Crippen molar-refractivity contribution in [3.63, 3.8) is 0 Å². The Morgan fingerprint density at radius 1 is 1.53 bits per heavy atom. The van der Waals surface area contributed by atoms with Gasteiger partial charge in [-0.2, -0.15) is 5.10 Å². The van der Waals surface area contributed by atoms with E-state index < -0.39 is 0 Å². The summed E-state index contributed by atoms with van der Waals surface area (Å²) in [6.07, 6.45) is 2.83. The molecule has 0 bridgehead atoms. The van der Waals surface area contributed by atoms with Gasteiger partial charge in [-0.25, -0.2) is 0 Å². The van der Waals surface area contributed by atoms with Crippen LogP contribution >= 0.6 is 11.6 Å². The van der Waals surface area contributed by atoms with Crippen molar-refractivity contribution in [1.29, 1.82) is 0 Å². The van der Waals surface area contributed by atoms with Crippen molar-refractivity contribution in [1.82, 2.24) is 15.1 Å². The number of hydrogen-bond acceptors (Lipinski definition) is 2. The van der Waals surface area contributed by atoms with Gasteiger partial charge in [0, 0.05) is 43.8 Å². The number of alkyl halides is 1. The quantitative estimate of drug-likeness (QED) is 0.596. The number of hydrogen-bond donors (Lipinski definition) is 1. The van der Waals surface area contributed by atoms with Crippen molar-refractivity contribution in [2.24, 2.45) is 13.0 Å². The molecule has 1 atom stereocenters. The molecular formula is C11H20ClN3. The first-order valence-corrected chi connectivity index (χ1v) is 5.86. The lowest BCUT2D eigenvalue weighted by molar-refractivity contribution is 0.543. The van der Waals surface area contributed by atoms with Gasteiger partial charge in [0.2, 0.25) is 0 Å². The van der Waals surface area contributed by atoms with Crippen LogP contribution in [0.1, 0.15) is 19.5 Å². The fourth-order valence-corrected chi connectivity index (χ4v) is 1.45. The van der Waals surface area contributed by atoms with Crippen LogP contribution in [0, 0.1) is 5.92 Å². The number of halogens is 1. The van der Waals surface area contributed by atoms with Gasteiger partial charge in [0.05, 0.1) is 0 Å². The minimum absolute atomic E-state index is 0.219. The van der Waals surface area contributed by atoms with Crippen molar-refractivity contribution in [3.05, 3.63) is 18.0 Å². The number of nitrogens with one attached hydrogen (secondary N) is 1. The highest BCUT2D eigenvalue weighted by molar-refractivity contribution is 6.20. The lowest BCUT2D eigenvalue weighted by Gasteiger charge is -2.13. The van der Waals surface area contributed by atoms with E-state index in [9.17, 15) is 0 Å². The van der Waals surface area contributed by atoms with E-state index in [1.807, 2.05) is 24.0 Å². The van der Waals surface area contributed by atoms with E-state index in [0.717, 1.165) is 19.5 Å². The third kappa shape index (κ3) is 4.22. The zero-order valence-corrected chi connectivity index (χ0v) is 10.5. The van der Waals surface area contributed by atoms with Gasteiger partial charge in [-0.15, -0.1) is 11.6 Å². The molecule has 1 aromatic heterocycles. The van der Waals surface area contributed by atoms with E-state index in [2.05, 4.69) is 24.3 Å². The van der Waals surface area contributed by atoms with Gasteiger partial charge in [0.1, 0.15) is 0 Å². The van der Waals surface area contributed by atoms with Gasteiger partial charge < -0.3 is 5.32 Å². The summed E-state index contributed by atoms with van der Waals surface area (Å²) in [5.74, 6) is 0.524. The Bertz CT molecular complexity index is 283. The first kappa shape index (κ1) is 12.5. The second-order valence-electron chi connectivity index (χ2n) is 4.16. The standard InChI is InChI=1S/C11H20ClN3/c1-9(2)11(12)8-13-6-4-10-5-7-14-15(10)3/h5,7,9,11,13H,4,6,8H2,1-3H3. The molecule has 86 valence electrons. The fourth-order valence-electron chi connectivity index (χ4n) is 1.34. The smallest absolute Gasteiger partial charge is 0.0492 e. The van der Waals surface area contributed by atoms with Crippen LogP contribution in [0.2, 0.25) is 0 Å². The highest BCUT2D eigenvalue weighted by Gasteiger charge is 2.08. The molecule has 0 amide bonds. The lowest BCUT2D eigenvalue weighted by Crippen LogP contribution is -2.28. The molecule has 1 unspecified atom stereocenters. The molecule has 1 aromatic rings. The molecule has 1 rings (SSSR count). The van der Waals surface area contributed by atoms with E-state index in [-0.39, 0.29) is 5.38 Å². The van der Waals surface area contributed by atoms with Crippen LogP contribution in [0.4, 0.5) is 0 Å². The van der Waals surface area contributed by atoms with Gasteiger partial charge in [-0.1, -0.05) is 13.8 Å². The van der Waals surface area contributed by atoms with Crippen LogP contribution < -0.4 is 5.32 Å². The predicted molar refractivity (Wildman–Crippen MR) is 64.3 cm³/mol. The summed E-state index contributed by atoms with van der Waals surface area (Å²) in [6, 6.07) is 2.04. The Labute approximate surface area is 96.8 Å². The van der Waals surface area contributed by atoms with Crippen molar-refractivity contribution >= 4 is 11.6 Å². The van der Waals surface area contributed by atoms with E-state index >= 15 is 0 Å². The first-order valence-electron chi connectivity index (χ1n) is 5.43. The fraction of sp³-hybridized carbons (Fsp3) is 0.727. The van der Waals surface area contributed by atoms with E-state index in [1.54, 1.807) is 0 Å². The molecule has 15 heavy (non-hydrogen) atoms. The first-order chi connectivity index (χ1) is 7.11. The van der Waals surface area contributed by atoms with Crippen molar-refractivity contribution < 1.29 is 0 Å². The van der Waals surface area contributed by atoms with Crippen LogP contribution in [0.5, 0.6) is 0 Å². The van der Waals surface area contributed by atoms with Crippen LogP contribution in [0.15, 0.2) is 12.3 Å². The molecule has 0 aromatic carbocycles.